The Kier molecular flexibility index (Phi) is 8.61. The summed E-state index contributed by atoms with van der Waals surface area (Å²) in [4.78, 5) is 15.4. The minimum absolute atomic E-state index is 0.605. The molecule has 0 saturated carbocycles. The Balaban J connectivity index is 1.000. The first-order valence-electron chi connectivity index (χ1n) is 20.7. The van der Waals surface area contributed by atoms with E-state index in [0.29, 0.717) is 17.5 Å². The van der Waals surface area contributed by atoms with E-state index in [-0.39, 0.29) is 0 Å². The first-order chi connectivity index (χ1) is 30.7. The van der Waals surface area contributed by atoms with Crippen LogP contribution in [0.1, 0.15) is 0 Å². The fourth-order valence-corrected chi connectivity index (χ4v) is 9.95. The van der Waals surface area contributed by atoms with Crippen molar-refractivity contribution in [1.29, 1.82) is 0 Å². The highest BCUT2D eigenvalue weighted by Gasteiger charge is 2.22. The Hall–Kier alpha value is -8.06. The lowest BCUT2D eigenvalue weighted by Crippen LogP contribution is -2.00. The van der Waals surface area contributed by atoms with Gasteiger partial charge >= 0.3 is 0 Å². The van der Waals surface area contributed by atoms with E-state index in [1.807, 2.05) is 41.7 Å². The number of fused-ring (bicyclic) bond motifs is 6. The highest BCUT2D eigenvalue weighted by molar-refractivity contribution is 7.26. The second-order valence-electron chi connectivity index (χ2n) is 15.4. The van der Waals surface area contributed by atoms with Crippen LogP contribution >= 0.6 is 11.3 Å². The van der Waals surface area contributed by atoms with Gasteiger partial charge in [0.15, 0.2) is 17.5 Å². The van der Waals surface area contributed by atoms with Crippen LogP contribution in [-0.2, 0) is 0 Å². The summed E-state index contributed by atoms with van der Waals surface area (Å²) in [5.74, 6) is 1.85. The van der Waals surface area contributed by atoms with Gasteiger partial charge in [-0.15, -0.1) is 11.3 Å². The minimum atomic E-state index is 0.605. The zero-order valence-corrected chi connectivity index (χ0v) is 34.2. The van der Waals surface area contributed by atoms with Crippen molar-refractivity contribution in [2.45, 2.75) is 0 Å². The molecule has 0 aliphatic heterocycles. The number of benzene rings is 8. The van der Waals surface area contributed by atoms with Crippen molar-refractivity contribution in [1.82, 2.24) is 24.6 Å². The highest BCUT2D eigenvalue weighted by Crippen LogP contribution is 2.43. The molecule has 0 atom stereocenters. The topological polar surface area (TPSA) is 56.0 Å². The maximum Gasteiger partial charge on any atom is 0.164 e. The third-order valence-corrected chi connectivity index (χ3v) is 12.9. The van der Waals surface area contributed by atoms with Crippen molar-refractivity contribution in [2.24, 2.45) is 0 Å². The molecular weight excluding hydrogens is 775 g/mol. The van der Waals surface area contributed by atoms with E-state index in [1.165, 1.54) is 31.1 Å². The van der Waals surface area contributed by atoms with Crippen LogP contribution in [-0.4, -0.2) is 24.6 Å². The van der Waals surface area contributed by atoms with E-state index >= 15 is 0 Å². The summed E-state index contributed by atoms with van der Waals surface area (Å²) in [5.41, 5.74) is 12.4. The van der Waals surface area contributed by atoms with Crippen molar-refractivity contribution in [2.75, 3.05) is 0 Å². The summed E-state index contributed by atoms with van der Waals surface area (Å²) in [6, 6.07) is 74.4. The molecule has 0 aliphatic carbocycles. The Morgan fingerprint density at radius 1 is 0.371 bits per heavy atom. The van der Waals surface area contributed by atoms with E-state index < -0.39 is 0 Å². The molecule has 12 rings (SSSR count). The third-order valence-electron chi connectivity index (χ3n) is 11.7. The number of aromatic nitrogens is 5. The van der Waals surface area contributed by atoms with E-state index in [0.717, 1.165) is 66.8 Å². The van der Waals surface area contributed by atoms with Crippen LogP contribution in [0.3, 0.4) is 0 Å². The molecule has 0 spiro atoms. The Morgan fingerprint density at radius 2 is 0.903 bits per heavy atom. The SMILES string of the molecule is c1ccc(-c2nc(-c3ccc(-c4nn5c(-c6ccccc6)cc6ccccc6c5c4-c4ccccc4)cc3)nc(-c3cccc(-c4cccc5c4sc4ccccc45)c3)n2)cc1. The normalized spacial score (nSPS) is 11.5. The smallest absolute Gasteiger partial charge is 0.164 e. The number of nitrogens with zero attached hydrogens (tertiary/aromatic N) is 5. The minimum Gasteiger partial charge on any atom is -0.231 e. The van der Waals surface area contributed by atoms with Crippen LogP contribution in [0.5, 0.6) is 0 Å². The summed E-state index contributed by atoms with van der Waals surface area (Å²) in [6.45, 7) is 0. The van der Waals surface area contributed by atoms with E-state index in [2.05, 4.69) is 187 Å². The van der Waals surface area contributed by atoms with Crippen LogP contribution < -0.4 is 0 Å². The van der Waals surface area contributed by atoms with Gasteiger partial charge in [-0.3, -0.25) is 0 Å². The summed E-state index contributed by atoms with van der Waals surface area (Å²) in [5, 5.41) is 10.3. The van der Waals surface area contributed by atoms with Gasteiger partial charge in [-0.2, -0.15) is 5.10 Å². The van der Waals surface area contributed by atoms with E-state index in [4.69, 9.17) is 20.1 Å². The molecule has 4 aromatic heterocycles. The molecule has 0 unspecified atom stereocenters. The van der Waals surface area contributed by atoms with Gasteiger partial charge in [-0.25, -0.2) is 19.5 Å². The first kappa shape index (κ1) is 35.8. The van der Waals surface area contributed by atoms with Crippen LogP contribution in [0.15, 0.2) is 212 Å². The van der Waals surface area contributed by atoms with Crippen molar-refractivity contribution >= 4 is 47.8 Å². The second-order valence-corrected chi connectivity index (χ2v) is 16.5. The Morgan fingerprint density at radius 3 is 1.65 bits per heavy atom. The van der Waals surface area contributed by atoms with Gasteiger partial charge in [-0.1, -0.05) is 194 Å². The lowest BCUT2D eigenvalue weighted by molar-refractivity contribution is 0.979. The molecule has 62 heavy (non-hydrogen) atoms. The van der Waals surface area contributed by atoms with Gasteiger partial charge in [0.2, 0.25) is 0 Å². The molecule has 4 heterocycles. The zero-order valence-electron chi connectivity index (χ0n) is 33.4. The number of hydrogen-bond donors (Lipinski definition) is 0. The molecule has 0 radical (unpaired) electrons. The van der Waals surface area contributed by atoms with Crippen molar-refractivity contribution in [3.8, 4) is 78.9 Å². The molecule has 0 saturated heterocycles. The van der Waals surface area contributed by atoms with Gasteiger partial charge in [-0.05, 0) is 40.3 Å². The molecule has 0 fully saturated rings. The van der Waals surface area contributed by atoms with E-state index in [1.54, 1.807) is 0 Å². The molecule has 0 N–H and O–H groups in total. The molecule has 290 valence electrons. The zero-order chi connectivity index (χ0) is 41.0. The first-order valence-corrected chi connectivity index (χ1v) is 21.5. The van der Waals surface area contributed by atoms with Crippen LogP contribution in [0.25, 0.3) is 115 Å². The maximum absolute atomic E-state index is 5.44. The van der Waals surface area contributed by atoms with Crippen LogP contribution in [0, 0.1) is 0 Å². The molecular formula is C56H35N5S. The highest BCUT2D eigenvalue weighted by atomic mass is 32.1. The van der Waals surface area contributed by atoms with Crippen molar-refractivity contribution in [3.05, 3.63) is 212 Å². The lowest BCUT2D eigenvalue weighted by Gasteiger charge is -2.11. The number of thiophene rings is 1. The van der Waals surface area contributed by atoms with Crippen molar-refractivity contribution < 1.29 is 0 Å². The van der Waals surface area contributed by atoms with Gasteiger partial charge in [0, 0.05) is 58.9 Å². The molecule has 0 bridgehead atoms. The number of rotatable bonds is 7. The largest absolute Gasteiger partial charge is 0.231 e. The molecule has 6 heteroatoms. The van der Waals surface area contributed by atoms with Gasteiger partial charge in [0.05, 0.1) is 11.2 Å². The average Bonchev–Trinajstić information content (AvgIpc) is 3.95. The number of hydrogen-bond acceptors (Lipinski definition) is 5. The van der Waals surface area contributed by atoms with Gasteiger partial charge < -0.3 is 0 Å². The average molecular weight is 810 g/mol. The predicted octanol–water partition coefficient (Wildman–Crippen LogP) is 14.7. The van der Waals surface area contributed by atoms with Gasteiger partial charge in [0.25, 0.3) is 0 Å². The standard InChI is InChI=1S/C56H35N5S/c1-4-16-36(17-5-1)48-35-42-22-10-11-25-44(42)52-50(37-18-6-2-7-19-37)51(60-61(48)52)38-30-32-40(33-31-38)55-57-54(39-20-8-3-9-21-39)58-56(59-55)43-24-14-23-41(34-43)45-27-15-28-47-46-26-12-13-29-49(46)62-53(45)47/h1-35H. The van der Waals surface area contributed by atoms with Gasteiger partial charge in [0.1, 0.15) is 5.69 Å². The molecule has 0 aliphatic rings. The molecule has 8 aromatic carbocycles. The predicted molar refractivity (Wildman–Crippen MR) is 257 cm³/mol. The Labute approximate surface area is 361 Å². The molecule has 12 aromatic rings. The summed E-state index contributed by atoms with van der Waals surface area (Å²) in [6.07, 6.45) is 0. The summed E-state index contributed by atoms with van der Waals surface area (Å²) >= 11 is 1.84. The fraction of sp³-hybridized carbons (Fsp3) is 0. The Bertz CT molecular complexity index is 3610. The number of pyridine rings is 1. The summed E-state index contributed by atoms with van der Waals surface area (Å²) < 4.78 is 4.69. The quantitative estimate of drug-likeness (QED) is 0.161. The lowest BCUT2D eigenvalue weighted by atomic mass is 9.96. The van der Waals surface area contributed by atoms with E-state index in [9.17, 15) is 0 Å². The monoisotopic (exact) mass is 809 g/mol. The fourth-order valence-electron chi connectivity index (χ4n) is 8.71. The maximum atomic E-state index is 5.44. The van der Waals surface area contributed by atoms with Crippen molar-refractivity contribution in [3.63, 3.8) is 0 Å². The molecule has 5 nitrogen and oxygen atoms in total. The third kappa shape index (κ3) is 6.16. The van der Waals surface area contributed by atoms with Crippen LogP contribution in [0.2, 0.25) is 0 Å². The summed E-state index contributed by atoms with van der Waals surface area (Å²) in [7, 11) is 0. The second kappa shape index (κ2) is 14.9. The molecule has 0 amide bonds. The van der Waals surface area contributed by atoms with Crippen LogP contribution in [0.4, 0.5) is 0 Å².